The maximum atomic E-state index is 12.3. The van der Waals surface area contributed by atoms with Crippen LogP contribution in [0.3, 0.4) is 0 Å². The minimum Gasteiger partial charge on any atom is -0.338 e. The summed E-state index contributed by atoms with van der Waals surface area (Å²) < 4.78 is 0. The molecule has 1 aromatic carbocycles. The van der Waals surface area contributed by atoms with E-state index in [9.17, 15) is 4.79 Å². The highest BCUT2D eigenvalue weighted by molar-refractivity contribution is 5.79. The molecule has 0 radical (unpaired) electrons. The SMILES string of the molecule is CCCCc1ccc(CC(=O)N2CCCC2CN)cc1. The van der Waals surface area contributed by atoms with Crippen LogP contribution in [-0.2, 0) is 17.6 Å². The molecule has 0 saturated carbocycles. The third-order valence-electron chi connectivity index (χ3n) is 4.17. The molecule has 1 unspecified atom stereocenters. The van der Waals surface area contributed by atoms with Crippen LogP contribution >= 0.6 is 0 Å². The molecule has 3 heteroatoms. The van der Waals surface area contributed by atoms with Gasteiger partial charge in [-0.25, -0.2) is 0 Å². The van der Waals surface area contributed by atoms with Crippen LogP contribution in [0.2, 0.25) is 0 Å². The summed E-state index contributed by atoms with van der Waals surface area (Å²) in [4.78, 5) is 14.3. The predicted molar refractivity (Wildman–Crippen MR) is 82.5 cm³/mol. The summed E-state index contributed by atoms with van der Waals surface area (Å²) in [5.74, 6) is 0.222. The fourth-order valence-electron chi connectivity index (χ4n) is 2.89. The molecule has 1 aliphatic rings. The average molecular weight is 274 g/mol. The first kappa shape index (κ1) is 15.0. The zero-order valence-electron chi connectivity index (χ0n) is 12.5. The largest absolute Gasteiger partial charge is 0.338 e. The number of unbranched alkanes of at least 4 members (excludes halogenated alkanes) is 1. The van der Waals surface area contributed by atoms with Crippen molar-refractivity contribution in [3.05, 3.63) is 35.4 Å². The fourth-order valence-corrected chi connectivity index (χ4v) is 2.89. The molecule has 1 fully saturated rings. The molecule has 3 nitrogen and oxygen atoms in total. The molecule has 0 bridgehead atoms. The van der Waals surface area contributed by atoms with Gasteiger partial charge in [0.15, 0.2) is 0 Å². The van der Waals surface area contributed by atoms with Gasteiger partial charge in [-0.3, -0.25) is 4.79 Å². The van der Waals surface area contributed by atoms with Crippen molar-refractivity contribution in [2.75, 3.05) is 13.1 Å². The summed E-state index contributed by atoms with van der Waals surface area (Å²) in [6.45, 7) is 3.66. The minimum absolute atomic E-state index is 0.222. The van der Waals surface area contributed by atoms with Crippen LogP contribution in [0.4, 0.5) is 0 Å². The molecule has 1 aliphatic heterocycles. The molecule has 20 heavy (non-hydrogen) atoms. The van der Waals surface area contributed by atoms with Gasteiger partial charge in [0.1, 0.15) is 0 Å². The van der Waals surface area contributed by atoms with Crippen molar-refractivity contribution >= 4 is 5.91 Å². The van der Waals surface area contributed by atoms with Gasteiger partial charge in [-0.05, 0) is 36.8 Å². The lowest BCUT2D eigenvalue weighted by atomic mass is 10.0. The molecule has 2 rings (SSSR count). The van der Waals surface area contributed by atoms with E-state index in [-0.39, 0.29) is 11.9 Å². The van der Waals surface area contributed by atoms with Gasteiger partial charge >= 0.3 is 0 Å². The lowest BCUT2D eigenvalue weighted by Gasteiger charge is -2.23. The smallest absolute Gasteiger partial charge is 0.227 e. The molecule has 1 saturated heterocycles. The summed E-state index contributed by atoms with van der Waals surface area (Å²) in [6.07, 6.45) is 6.22. The van der Waals surface area contributed by atoms with Crippen molar-refractivity contribution in [1.82, 2.24) is 4.90 Å². The average Bonchev–Trinajstić information content (AvgIpc) is 2.95. The highest BCUT2D eigenvalue weighted by Crippen LogP contribution is 2.18. The first-order valence-electron chi connectivity index (χ1n) is 7.82. The van der Waals surface area contributed by atoms with E-state index in [2.05, 4.69) is 31.2 Å². The second-order valence-electron chi connectivity index (χ2n) is 5.72. The van der Waals surface area contributed by atoms with Gasteiger partial charge in [0, 0.05) is 19.1 Å². The Morgan fingerprint density at radius 1 is 1.30 bits per heavy atom. The van der Waals surface area contributed by atoms with Crippen molar-refractivity contribution in [1.29, 1.82) is 0 Å². The maximum Gasteiger partial charge on any atom is 0.227 e. The van der Waals surface area contributed by atoms with Crippen LogP contribution < -0.4 is 5.73 Å². The van der Waals surface area contributed by atoms with Crippen LogP contribution in [-0.4, -0.2) is 29.9 Å². The second-order valence-corrected chi connectivity index (χ2v) is 5.72. The van der Waals surface area contributed by atoms with Crippen LogP contribution in [0.25, 0.3) is 0 Å². The maximum absolute atomic E-state index is 12.3. The Morgan fingerprint density at radius 3 is 2.65 bits per heavy atom. The molecule has 1 atom stereocenters. The number of carbonyl (C=O) groups excluding carboxylic acids is 1. The minimum atomic E-state index is 0.222. The lowest BCUT2D eigenvalue weighted by Crippen LogP contribution is -2.40. The monoisotopic (exact) mass is 274 g/mol. The van der Waals surface area contributed by atoms with Gasteiger partial charge in [0.2, 0.25) is 5.91 Å². The lowest BCUT2D eigenvalue weighted by molar-refractivity contribution is -0.131. The topological polar surface area (TPSA) is 46.3 Å². The van der Waals surface area contributed by atoms with E-state index in [0.717, 1.165) is 31.4 Å². The van der Waals surface area contributed by atoms with Crippen molar-refractivity contribution in [2.45, 2.75) is 51.5 Å². The number of nitrogens with zero attached hydrogens (tertiary/aromatic N) is 1. The number of amides is 1. The number of likely N-dealkylation sites (tertiary alicyclic amines) is 1. The van der Waals surface area contributed by atoms with E-state index in [1.807, 2.05) is 4.90 Å². The molecule has 110 valence electrons. The number of benzene rings is 1. The Bertz CT molecular complexity index is 427. The summed E-state index contributed by atoms with van der Waals surface area (Å²) in [5, 5.41) is 0. The summed E-state index contributed by atoms with van der Waals surface area (Å²) in [5.41, 5.74) is 8.20. The predicted octanol–water partition coefficient (Wildman–Crippen LogP) is 2.52. The summed E-state index contributed by atoms with van der Waals surface area (Å²) in [7, 11) is 0. The zero-order valence-corrected chi connectivity index (χ0v) is 12.5. The van der Waals surface area contributed by atoms with Crippen LogP contribution in [0.15, 0.2) is 24.3 Å². The van der Waals surface area contributed by atoms with Crippen molar-refractivity contribution in [3.8, 4) is 0 Å². The number of hydrogen-bond acceptors (Lipinski definition) is 2. The highest BCUT2D eigenvalue weighted by Gasteiger charge is 2.27. The first-order chi connectivity index (χ1) is 9.74. The normalized spacial score (nSPS) is 18.5. The van der Waals surface area contributed by atoms with Crippen LogP contribution in [0.1, 0.15) is 43.7 Å². The van der Waals surface area contributed by atoms with E-state index in [1.165, 1.54) is 18.4 Å². The van der Waals surface area contributed by atoms with Gasteiger partial charge in [0.25, 0.3) is 0 Å². The first-order valence-corrected chi connectivity index (χ1v) is 7.82. The van der Waals surface area contributed by atoms with Crippen LogP contribution in [0.5, 0.6) is 0 Å². The van der Waals surface area contributed by atoms with Crippen molar-refractivity contribution in [2.24, 2.45) is 5.73 Å². The van der Waals surface area contributed by atoms with Crippen molar-refractivity contribution in [3.63, 3.8) is 0 Å². The van der Waals surface area contributed by atoms with Gasteiger partial charge in [-0.2, -0.15) is 0 Å². The Labute approximate surface area is 122 Å². The Hall–Kier alpha value is -1.35. The standard InChI is InChI=1S/C17H26N2O/c1-2-3-5-14-7-9-15(10-8-14)12-17(20)19-11-4-6-16(19)13-18/h7-10,16H,2-6,11-13,18H2,1H3. The molecule has 0 spiro atoms. The number of nitrogens with two attached hydrogens (primary N) is 1. The van der Waals surface area contributed by atoms with Gasteiger partial charge < -0.3 is 10.6 Å². The van der Waals surface area contributed by atoms with E-state index < -0.39 is 0 Å². The van der Waals surface area contributed by atoms with Crippen LogP contribution in [0, 0.1) is 0 Å². The highest BCUT2D eigenvalue weighted by atomic mass is 16.2. The molecular weight excluding hydrogens is 248 g/mol. The molecular formula is C17H26N2O. The quantitative estimate of drug-likeness (QED) is 0.866. The summed E-state index contributed by atoms with van der Waals surface area (Å²) >= 11 is 0. The van der Waals surface area contributed by atoms with Gasteiger partial charge in [-0.15, -0.1) is 0 Å². The second kappa shape index (κ2) is 7.44. The number of rotatable bonds is 6. The Balaban J connectivity index is 1.90. The number of hydrogen-bond donors (Lipinski definition) is 1. The van der Waals surface area contributed by atoms with E-state index in [0.29, 0.717) is 13.0 Å². The molecule has 0 aromatic heterocycles. The number of carbonyl (C=O) groups is 1. The number of aryl methyl sites for hydroxylation is 1. The molecule has 1 heterocycles. The molecule has 1 aromatic rings. The third-order valence-corrected chi connectivity index (χ3v) is 4.17. The van der Waals surface area contributed by atoms with E-state index >= 15 is 0 Å². The molecule has 1 amide bonds. The Morgan fingerprint density at radius 2 is 2.00 bits per heavy atom. The fraction of sp³-hybridized carbons (Fsp3) is 0.588. The summed E-state index contributed by atoms with van der Waals surface area (Å²) in [6, 6.07) is 8.75. The van der Waals surface area contributed by atoms with Crippen molar-refractivity contribution < 1.29 is 4.79 Å². The van der Waals surface area contributed by atoms with E-state index in [4.69, 9.17) is 5.73 Å². The van der Waals surface area contributed by atoms with E-state index in [1.54, 1.807) is 0 Å². The van der Waals surface area contributed by atoms with Gasteiger partial charge in [0.05, 0.1) is 6.42 Å². The zero-order chi connectivity index (χ0) is 14.4. The Kier molecular flexibility index (Phi) is 5.60. The molecule has 0 aliphatic carbocycles. The van der Waals surface area contributed by atoms with Gasteiger partial charge in [-0.1, -0.05) is 37.6 Å². The third kappa shape index (κ3) is 3.83. The molecule has 2 N–H and O–H groups in total.